The highest BCUT2D eigenvalue weighted by Gasteiger charge is 2.26. The maximum atomic E-state index is 12.6. The summed E-state index contributed by atoms with van der Waals surface area (Å²) in [5.74, 6) is -1.19. The lowest BCUT2D eigenvalue weighted by atomic mass is 10.1. The molecule has 0 radical (unpaired) electrons. The minimum Gasteiger partial charge on any atom is -0.478 e. The first kappa shape index (κ1) is 14.7. The lowest BCUT2D eigenvalue weighted by Crippen LogP contribution is -2.42. The zero-order chi connectivity index (χ0) is 15.5. The van der Waals surface area contributed by atoms with Crippen LogP contribution in [-0.4, -0.2) is 41.6 Å². The Balaban J connectivity index is 1.77. The van der Waals surface area contributed by atoms with Crippen LogP contribution >= 0.6 is 11.3 Å². The molecule has 1 atom stereocenters. The number of benzene rings is 1. The fourth-order valence-corrected chi connectivity index (χ4v) is 3.21. The first-order valence-corrected chi connectivity index (χ1v) is 7.81. The van der Waals surface area contributed by atoms with Crippen LogP contribution in [0.5, 0.6) is 0 Å². The summed E-state index contributed by atoms with van der Waals surface area (Å²) in [5.41, 5.74) is 0.514. The molecule has 2 aromatic rings. The van der Waals surface area contributed by atoms with Crippen molar-refractivity contribution in [3.63, 3.8) is 0 Å². The van der Waals surface area contributed by atoms with Gasteiger partial charge < -0.3 is 14.7 Å². The number of amides is 1. The molecule has 0 saturated carbocycles. The van der Waals surface area contributed by atoms with Crippen LogP contribution in [-0.2, 0) is 4.74 Å². The van der Waals surface area contributed by atoms with Crippen molar-refractivity contribution in [2.24, 2.45) is 0 Å². The van der Waals surface area contributed by atoms with Crippen molar-refractivity contribution < 1.29 is 19.4 Å². The second kappa shape index (κ2) is 6.29. The molecule has 1 aliphatic rings. The highest BCUT2D eigenvalue weighted by molar-refractivity contribution is 7.10. The van der Waals surface area contributed by atoms with Crippen molar-refractivity contribution in [1.29, 1.82) is 0 Å². The Morgan fingerprint density at radius 1 is 1.23 bits per heavy atom. The molecule has 3 rings (SSSR count). The number of ether oxygens (including phenoxy) is 1. The van der Waals surface area contributed by atoms with Gasteiger partial charge in [-0.1, -0.05) is 12.1 Å². The monoisotopic (exact) mass is 317 g/mol. The number of nitrogens with zero attached hydrogens (tertiary/aromatic N) is 1. The van der Waals surface area contributed by atoms with E-state index in [0.29, 0.717) is 25.3 Å². The Bertz CT molecular complexity index is 683. The van der Waals surface area contributed by atoms with Gasteiger partial charge in [-0.3, -0.25) is 4.79 Å². The average Bonchev–Trinajstić information content (AvgIpc) is 3.09. The van der Waals surface area contributed by atoms with Gasteiger partial charge >= 0.3 is 5.97 Å². The van der Waals surface area contributed by atoms with Crippen molar-refractivity contribution in [3.05, 3.63) is 57.8 Å². The number of aromatic carboxylic acids is 1. The summed E-state index contributed by atoms with van der Waals surface area (Å²) < 4.78 is 5.72. The van der Waals surface area contributed by atoms with Crippen LogP contribution in [0, 0.1) is 0 Å². The first-order chi connectivity index (χ1) is 10.6. The lowest BCUT2D eigenvalue weighted by Gasteiger charge is -2.32. The number of rotatable bonds is 3. The van der Waals surface area contributed by atoms with Gasteiger partial charge in [0.15, 0.2) is 0 Å². The topological polar surface area (TPSA) is 66.8 Å². The molecule has 5 nitrogen and oxygen atoms in total. The van der Waals surface area contributed by atoms with Crippen LogP contribution in [0.1, 0.15) is 31.7 Å². The van der Waals surface area contributed by atoms with Crippen molar-refractivity contribution >= 4 is 23.2 Å². The van der Waals surface area contributed by atoms with E-state index in [1.807, 2.05) is 17.5 Å². The van der Waals surface area contributed by atoms with Crippen molar-refractivity contribution in [1.82, 2.24) is 4.90 Å². The minimum absolute atomic E-state index is 0.111. The summed E-state index contributed by atoms with van der Waals surface area (Å²) in [6.45, 7) is 1.47. The summed E-state index contributed by atoms with van der Waals surface area (Å²) in [6.07, 6.45) is -0.111. The van der Waals surface area contributed by atoms with Gasteiger partial charge in [0.25, 0.3) is 5.91 Å². The van der Waals surface area contributed by atoms with E-state index >= 15 is 0 Å². The van der Waals surface area contributed by atoms with Gasteiger partial charge in [0.1, 0.15) is 6.10 Å². The number of thiophene rings is 1. The fourth-order valence-electron chi connectivity index (χ4n) is 2.45. The third-order valence-corrected chi connectivity index (χ3v) is 4.54. The number of carbonyl (C=O) groups is 2. The molecule has 0 aliphatic carbocycles. The van der Waals surface area contributed by atoms with Crippen LogP contribution in [0.25, 0.3) is 0 Å². The number of morpholine rings is 1. The molecule has 114 valence electrons. The summed E-state index contributed by atoms with van der Waals surface area (Å²) >= 11 is 1.60. The van der Waals surface area contributed by atoms with Gasteiger partial charge in [0.2, 0.25) is 0 Å². The maximum Gasteiger partial charge on any atom is 0.335 e. The maximum absolute atomic E-state index is 12.6. The van der Waals surface area contributed by atoms with Gasteiger partial charge in [-0.15, -0.1) is 11.3 Å². The van der Waals surface area contributed by atoms with E-state index in [4.69, 9.17) is 9.84 Å². The van der Waals surface area contributed by atoms with E-state index in [1.54, 1.807) is 28.4 Å². The molecule has 1 aromatic heterocycles. The number of carboxylic acids is 1. The Hall–Kier alpha value is -2.18. The molecule has 0 spiro atoms. The molecule has 0 bridgehead atoms. The van der Waals surface area contributed by atoms with Crippen LogP contribution < -0.4 is 0 Å². The quantitative estimate of drug-likeness (QED) is 0.945. The Kier molecular flexibility index (Phi) is 4.22. The Morgan fingerprint density at radius 3 is 2.77 bits per heavy atom. The van der Waals surface area contributed by atoms with Crippen molar-refractivity contribution in [3.8, 4) is 0 Å². The molecule has 6 heteroatoms. The standard InChI is InChI=1S/C16H15NO4S/c18-15(11-3-1-4-12(9-11)16(19)20)17-6-7-21-13(10-17)14-5-2-8-22-14/h1-5,8-9,13H,6-7,10H2,(H,19,20)/t13-/m1/s1. The normalized spacial score (nSPS) is 18.2. The van der Waals surface area contributed by atoms with E-state index in [1.165, 1.54) is 12.1 Å². The van der Waals surface area contributed by atoms with E-state index in [9.17, 15) is 9.59 Å². The van der Waals surface area contributed by atoms with E-state index in [-0.39, 0.29) is 17.6 Å². The number of carbonyl (C=O) groups excluding carboxylic acids is 1. The van der Waals surface area contributed by atoms with E-state index < -0.39 is 5.97 Å². The second-order valence-corrected chi connectivity index (χ2v) is 5.99. The molecule has 1 aliphatic heterocycles. The molecule has 22 heavy (non-hydrogen) atoms. The molecule has 1 amide bonds. The molecular formula is C16H15NO4S. The summed E-state index contributed by atoms with van der Waals surface area (Å²) in [4.78, 5) is 26.4. The number of hydrogen-bond donors (Lipinski definition) is 1. The first-order valence-electron chi connectivity index (χ1n) is 6.93. The third kappa shape index (κ3) is 3.03. The van der Waals surface area contributed by atoms with Crippen LogP contribution in [0.4, 0.5) is 0 Å². The fraction of sp³-hybridized carbons (Fsp3) is 0.250. The van der Waals surface area contributed by atoms with Crippen molar-refractivity contribution in [2.45, 2.75) is 6.10 Å². The summed E-state index contributed by atoms with van der Waals surface area (Å²) in [5, 5.41) is 11.0. The van der Waals surface area contributed by atoms with Gasteiger partial charge in [-0.2, -0.15) is 0 Å². The summed E-state index contributed by atoms with van der Waals surface area (Å²) in [7, 11) is 0. The smallest absolute Gasteiger partial charge is 0.335 e. The molecule has 1 fully saturated rings. The largest absolute Gasteiger partial charge is 0.478 e. The number of hydrogen-bond acceptors (Lipinski definition) is 4. The lowest BCUT2D eigenvalue weighted by molar-refractivity contribution is -0.0211. The van der Waals surface area contributed by atoms with E-state index in [0.717, 1.165) is 4.88 Å². The minimum atomic E-state index is -1.03. The third-order valence-electron chi connectivity index (χ3n) is 3.57. The predicted molar refractivity (Wildman–Crippen MR) is 82.3 cm³/mol. The average molecular weight is 317 g/mol. The van der Waals surface area contributed by atoms with Crippen LogP contribution in [0.2, 0.25) is 0 Å². The van der Waals surface area contributed by atoms with Gasteiger partial charge in [0.05, 0.1) is 18.7 Å². The predicted octanol–water partition coefficient (Wildman–Crippen LogP) is 2.66. The molecule has 1 saturated heterocycles. The number of carboxylic acid groups (broad SMARTS) is 1. The van der Waals surface area contributed by atoms with Crippen LogP contribution in [0.3, 0.4) is 0 Å². The highest BCUT2D eigenvalue weighted by Crippen LogP contribution is 2.26. The Morgan fingerprint density at radius 2 is 2.05 bits per heavy atom. The second-order valence-electron chi connectivity index (χ2n) is 5.01. The zero-order valence-corrected chi connectivity index (χ0v) is 12.6. The van der Waals surface area contributed by atoms with Crippen molar-refractivity contribution in [2.75, 3.05) is 19.7 Å². The highest BCUT2D eigenvalue weighted by atomic mass is 32.1. The molecule has 0 unspecified atom stereocenters. The van der Waals surface area contributed by atoms with E-state index in [2.05, 4.69) is 0 Å². The molecule has 1 aromatic carbocycles. The summed E-state index contributed by atoms with van der Waals surface area (Å²) in [6, 6.07) is 10.1. The van der Waals surface area contributed by atoms with Crippen LogP contribution in [0.15, 0.2) is 41.8 Å². The molecular weight excluding hydrogens is 302 g/mol. The molecule has 1 N–H and O–H groups in total. The Labute approximate surface area is 131 Å². The molecule has 2 heterocycles. The zero-order valence-electron chi connectivity index (χ0n) is 11.8. The SMILES string of the molecule is O=C(O)c1cccc(C(=O)N2CCO[C@@H](c3cccs3)C2)c1. The van der Waals surface area contributed by atoms with Gasteiger partial charge in [-0.05, 0) is 29.6 Å². The van der Waals surface area contributed by atoms with Gasteiger partial charge in [0, 0.05) is 17.0 Å². The van der Waals surface area contributed by atoms with Gasteiger partial charge in [-0.25, -0.2) is 4.79 Å².